The number of hydrogen-bond donors (Lipinski definition) is 2. The first kappa shape index (κ1) is 9.87. The van der Waals surface area contributed by atoms with Crippen LogP contribution in [0.3, 0.4) is 0 Å². The van der Waals surface area contributed by atoms with Crippen molar-refractivity contribution in [3.63, 3.8) is 0 Å². The highest BCUT2D eigenvalue weighted by molar-refractivity contribution is 5.70. The second-order valence-corrected chi connectivity index (χ2v) is 4.87. The van der Waals surface area contributed by atoms with E-state index in [9.17, 15) is 8.78 Å². The summed E-state index contributed by atoms with van der Waals surface area (Å²) in [7, 11) is 0. The number of nitrogens with one attached hydrogen (secondary N) is 2. The van der Waals surface area contributed by atoms with Crippen molar-refractivity contribution in [2.45, 2.75) is 19.3 Å². The molecule has 16 heavy (non-hydrogen) atoms. The van der Waals surface area contributed by atoms with Gasteiger partial charge in [-0.2, -0.15) is 0 Å². The number of hydrogen-bond acceptors (Lipinski definition) is 2. The highest BCUT2D eigenvalue weighted by Crippen LogP contribution is 2.44. The van der Waals surface area contributed by atoms with Crippen LogP contribution in [-0.4, -0.2) is 13.1 Å². The molecule has 2 aliphatic rings. The van der Waals surface area contributed by atoms with Crippen molar-refractivity contribution in [2.75, 3.05) is 23.7 Å². The molecule has 1 spiro atoms. The SMILES string of the molecule is Fc1cc(F)c2c(c1)NCC1(CCC1)CN2. The van der Waals surface area contributed by atoms with E-state index >= 15 is 0 Å². The highest BCUT2D eigenvalue weighted by atomic mass is 19.1. The Morgan fingerprint density at radius 3 is 2.50 bits per heavy atom. The predicted octanol–water partition coefficient (Wildman–Crippen LogP) is 2.97. The maximum absolute atomic E-state index is 13.5. The summed E-state index contributed by atoms with van der Waals surface area (Å²) in [5.41, 5.74) is 1.19. The van der Waals surface area contributed by atoms with Gasteiger partial charge < -0.3 is 10.6 Å². The summed E-state index contributed by atoms with van der Waals surface area (Å²) in [6, 6.07) is 2.27. The van der Waals surface area contributed by atoms with Crippen molar-refractivity contribution < 1.29 is 8.78 Å². The summed E-state index contributed by atoms with van der Waals surface area (Å²) < 4.78 is 26.6. The van der Waals surface area contributed by atoms with Crippen LogP contribution in [-0.2, 0) is 0 Å². The summed E-state index contributed by atoms with van der Waals surface area (Å²) in [6.45, 7) is 1.57. The first-order valence-corrected chi connectivity index (χ1v) is 5.65. The van der Waals surface area contributed by atoms with Crippen LogP contribution >= 0.6 is 0 Å². The third-order valence-corrected chi connectivity index (χ3v) is 3.76. The molecule has 3 rings (SSSR count). The number of fused-ring (bicyclic) bond motifs is 1. The van der Waals surface area contributed by atoms with Crippen molar-refractivity contribution in [1.29, 1.82) is 0 Å². The monoisotopic (exact) mass is 224 g/mol. The van der Waals surface area contributed by atoms with Gasteiger partial charge in [0.2, 0.25) is 0 Å². The molecule has 0 aromatic heterocycles. The van der Waals surface area contributed by atoms with Crippen molar-refractivity contribution >= 4 is 11.4 Å². The number of benzene rings is 1. The molecule has 1 aliphatic heterocycles. The largest absolute Gasteiger partial charge is 0.383 e. The van der Waals surface area contributed by atoms with Crippen LogP contribution in [0.15, 0.2) is 12.1 Å². The molecule has 1 aliphatic carbocycles. The van der Waals surface area contributed by atoms with Crippen LogP contribution in [0.5, 0.6) is 0 Å². The van der Waals surface area contributed by atoms with Gasteiger partial charge in [-0.25, -0.2) is 8.78 Å². The van der Waals surface area contributed by atoms with Gasteiger partial charge in [0.05, 0.1) is 11.4 Å². The minimum Gasteiger partial charge on any atom is -0.383 e. The van der Waals surface area contributed by atoms with Crippen LogP contribution < -0.4 is 10.6 Å². The predicted molar refractivity (Wildman–Crippen MR) is 59.6 cm³/mol. The van der Waals surface area contributed by atoms with Crippen LogP contribution in [0, 0.1) is 17.0 Å². The molecule has 2 N–H and O–H groups in total. The van der Waals surface area contributed by atoms with Crippen molar-refractivity contribution in [3.05, 3.63) is 23.8 Å². The fourth-order valence-electron chi connectivity index (χ4n) is 2.54. The first-order valence-electron chi connectivity index (χ1n) is 5.65. The number of rotatable bonds is 0. The van der Waals surface area contributed by atoms with Crippen LogP contribution in [0.25, 0.3) is 0 Å². The molecule has 1 heterocycles. The maximum atomic E-state index is 13.5. The minimum atomic E-state index is -0.532. The molecule has 86 valence electrons. The Labute approximate surface area is 93.0 Å². The minimum absolute atomic E-state index is 0.238. The Kier molecular flexibility index (Phi) is 2.06. The molecule has 0 atom stereocenters. The van der Waals surface area contributed by atoms with E-state index in [1.54, 1.807) is 0 Å². The lowest BCUT2D eigenvalue weighted by atomic mass is 9.69. The van der Waals surface area contributed by atoms with Gasteiger partial charge in [0.15, 0.2) is 5.82 Å². The lowest BCUT2D eigenvalue weighted by Gasteiger charge is -2.40. The Hall–Kier alpha value is -1.32. The lowest BCUT2D eigenvalue weighted by Crippen LogP contribution is -2.40. The van der Waals surface area contributed by atoms with E-state index in [1.807, 2.05) is 0 Å². The lowest BCUT2D eigenvalue weighted by molar-refractivity contribution is 0.171. The molecule has 2 nitrogen and oxygen atoms in total. The van der Waals surface area contributed by atoms with Gasteiger partial charge >= 0.3 is 0 Å². The van der Waals surface area contributed by atoms with Gasteiger partial charge in [0.25, 0.3) is 0 Å². The quantitative estimate of drug-likeness (QED) is 0.708. The second kappa shape index (κ2) is 3.34. The Morgan fingerprint density at radius 1 is 1.06 bits per heavy atom. The van der Waals surface area contributed by atoms with E-state index < -0.39 is 11.6 Å². The van der Waals surface area contributed by atoms with Crippen LogP contribution in [0.4, 0.5) is 20.2 Å². The standard InChI is InChI=1S/C12H14F2N2/c13-8-4-9(14)11-10(5-8)15-6-12(7-16-11)2-1-3-12/h4-5,15-16H,1-3,6-7H2. The first-order chi connectivity index (χ1) is 7.69. The van der Waals surface area contributed by atoms with E-state index in [4.69, 9.17) is 0 Å². The Morgan fingerprint density at radius 2 is 1.81 bits per heavy atom. The molecular formula is C12H14F2N2. The van der Waals surface area contributed by atoms with Crippen LogP contribution in [0.1, 0.15) is 19.3 Å². The topological polar surface area (TPSA) is 24.1 Å². The highest BCUT2D eigenvalue weighted by Gasteiger charge is 2.38. The fraction of sp³-hybridized carbons (Fsp3) is 0.500. The Balaban J connectivity index is 1.94. The molecule has 0 unspecified atom stereocenters. The van der Waals surface area contributed by atoms with E-state index in [0.717, 1.165) is 32.0 Å². The molecule has 0 saturated heterocycles. The van der Waals surface area contributed by atoms with E-state index in [0.29, 0.717) is 11.4 Å². The zero-order valence-electron chi connectivity index (χ0n) is 8.95. The van der Waals surface area contributed by atoms with Gasteiger partial charge in [-0.15, -0.1) is 0 Å². The van der Waals surface area contributed by atoms with Gasteiger partial charge in [-0.05, 0) is 18.9 Å². The Bertz CT molecular complexity index is 427. The van der Waals surface area contributed by atoms with Crippen molar-refractivity contribution in [1.82, 2.24) is 0 Å². The van der Waals surface area contributed by atoms with Crippen molar-refractivity contribution in [3.8, 4) is 0 Å². The third kappa shape index (κ3) is 1.44. The maximum Gasteiger partial charge on any atom is 0.151 e. The van der Waals surface area contributed by atoms with Crippen LogP contribution in [0.2, 0.25) is 0 Å². The second-order valence-electron chi connectivity index (χ2n) is 4.87. The molecule has 1 saturated carbocycles. The summed E-state index contributed by atoms with van der Waals surface area (Å²) in [4.78, 5) is 0. The third-order valence-electron chi connectivity index (χ3n) is 3.76. The van der Waals surface area contributed by atoms with E-state index in [1.165, 1.54) is 12.5 Å². The average Bonchev–Trinajstić information content (AvgIpc) is 2.36. The van der Waals surface area contributed by atoms with Gasteiger partial charge in [-0.3, -0.25) is 0 Å². The zero-order valence-corrected chi connectivity index (χ0v) is 8.95. The summed E-state index contributed by atoms with van der Waals surface area (Å²) in [6.07, 6.45) is 3.55. The van der Waals surface area contributed by atoms with Crippen molar-refractivity contribution in [2.24, 2.45) is 5.41 Å². The normalized spacial score (nSPS) is 21.4. The number of anilines is 2. The number of halogens is 2. The van der Waals surface area contributed by atoms with E-state index in [2.05, 4.69) is 10.6 Å². The van der Waals surface area contributed by atoms with Gasteiger partial charge in [0, 0.05) is 24.6 Å². The molecule has 0 radical (unpaired) electrons. The molecule has 0 bridgehead atoms. The molecule has 1 aromatic carbocycles. The van der Waals surface area contributed by atoms with Gasteiger partial charge in [-0.1, -0.05) is 6.42 Å². The average molecular weight is 224 g/mol. The molecule has 0 amide bonds. The summed E-state index contributed by atoms with van der Waals surface area (Å²) in [5.74, 6) is -1.05. The molecular weight excluding hydrogens is 210 g/mol. The van der Waals surface area contributed by atoms with Gasteiger partial charge in [0.1, 0.15) is 5.82 Å². The zero-order chi connectivity index (χ0) is 11.2. The molecule has 4 heteroatoms. The molecule has 1 fully saturated rings. The summed E-state index contributed by atoms with van der Waals surface area (Å²) >= 11 is 0. The molecule has 1 aromatic rings. The van der Waals surface area contributed by atoms with E-state index in [-0.39, 0.29) is 5.41 Å². The smallest absolute Gasteiger partial charge is 0.151 e. The fourth-order valence-corrected chi connectivity index (χ4v) is 2.54. The summed E-state index contributed by atoms with van der Waals surface area (Å²) in [5, 5.41) is 6.27.